The highest BCUT2D eigenvalue weighted by atomic mass is 35.5. The summed E-state index contributed by atoms with van der Waals surface area (Å²) in [6.45, 7) is 0. The number of hydrogen-bond donors (Lipinski definition) is 0. The van der Waals surface area contributed by atoms with Crippen LogP contribution >= 0.6 is 11.6 Å². The first-order valence-corrected chi connectivity index (χ1v) is 8.07. The van der Waals surface area contributed by atoms with Crippen LogP contribution in [-0.4, -0.2) is 26.3 Å². The highest BCUT2D eigenvalue weighted by Crippen LogP contribution is 2.36. The van der Waals surface area contributed by atoms with Gasteiger partial charge in [-0.05, 0) is 35.9 Å². The first-order valence-electron chi connectivity index (χ1n) is 7.69. The van der Waals surface area contributed by atoms with Crippen molar-refractivity contribution in [3.63, 3.8) is 0 Å². The molecular weight excluding hydrogens is 338 g/mol. The number of hydrogen-bond acceptors (Lipinski definition) is 4. The van der Waals surface area contributed by atoms with Crippen LogP contribution in [0.25, 0.3) is 23.1 Å². The number of benzene rings is 2. The molecule has 128 valence electrons. The van der Waals surface area contributed by atoms with Crippen LogP contribution in [0.5, 0.6) is 17.2 Å². The number of halogens is 1. The van der Waals surface area contributed by atoms with E-state index in [-0.39, 0.29) is 0 Å². The van der Waals surface area contributed by atoms with E-state index in [9.17, 15) is 0 Å². The van der Waals surface area contributed by atoms with Gasteiger partial charge in [0.05, 0.1) is 32.0 Å². The van der Waals surface area contributed by atoms with E-state index in [2.05, 4.69) is 4.98 Å². The van der Waals surface area contributed by atoms with Gasteiger partial charge in [-0.2, -0.15) is 0 Å². The van der Waals surface area contributed by atoms with Crippen LogP contribution in [0.4, 0.5) is 0 Å². The number of fused-ring (bicyclic) bond motifs is 1. The maximum absolute atomic E-state index is 6.24. The molecule has 0 spiro atoms. The molecule has 0 saturated carbocycles. The number of aromatic nitrogens is 1. The van der Waals surface area contributed by atoms with Crippen molar-refractivity contribution in [2.24, 2.45) is 0 Å². The summed E-state index contributed by atoms with van der Waals surface area (Å²) in [4.78, 5) is 4.66. The predicted octanol–water partition coefficient (Wildman–Crippen LogP) is 5.08. The van der Waals surface area contributed by atoms with Crippen molar-refractivity contribution in [1.82, 2.24) is 4.98 Å². The van der Waals surface area contributed by atoms with Gasteiger partial charge >= 0.3 is 0 Å². The molecule has 0 atom stereocenters. The van der Waals surface area contributed by atoms with Crippen LogP contribution in [0.15, 0.2) is 42.5 Å². The Morgan fingerprint density at radius 3 is 2.40 bits per heavy atom. The maximum atomic E-state index is 6.24. The van der Waals surface area contributed by atoms with Gasteiger partial charge in [-0.1, -0.05) is 35.9 Å². The second kappa shape index (κ2) is 7.45. The van der Waals surface area contributed by atoms with E-state index < -0.39 is 0 Å². The molecule has 3 aromatic rings. The average Bonchev–Trinajstić information content (AvgIpc) is 2.65. The summed E-state index contributed by atoms with van der Waals surface area (Å²) in [6.07, 6.45) is 3.85. The van der Waals surface area contributed by atoms with Gasteiger partial charge in [-0.25, -0.2) is 4.98 Å². The van der Waals surface area contributed by atoms with E-state index in [1.54, 1.807) is 21.3 Å². The minimum absolute atomic E-state index is 0.495. The van der Waals surface area contributed by atoms with Crippen molar-refractivity contribution in [1.29, 1.82) is 0 Å². The predicted molar refractivity (Wildman–Crippen MR) is 102 cm³/mol. The molecule has 3 rings (SSSR count). The number of para-hydroxylation sites is 1. The second-order valence-corrected chi connectivity index (χ2v) is 5.75. The van der Waals surface area contributed by atoms with Crippen LogP contribution in [0, 0.1) is 0 Å². The maximum Gasteiger partial charge on any atom is 0.179 e. The van der Waals surface area contributed by atoms with Gasteiger partial charge in [0.25, 0.3) is 0 Å². The molecule has 5 heteroatoms. The molecule has 0 saturated heterocycles. The molecular formula is C20H18ClNO3. The number of pyridine rings is 1. The van der Waals surface area contributed by atoms with Gasteiger partial charge < -0.3 is 14.2 Å². The van der Waals surface area contributed by atoms with Crippen LogP contribution in [0.2, 0.25) is 5.02 Å². The van der Waals surface area contributed by atoms with Crippen molar-refractivity contribution in [2.45, 2.75) is 0 Å². The third kappa shape index (κ3) is 3.54. The molecule has 0 radical (unpaired) electrons. The lowest BCUT2D eigenvalue weighted by atomic mass is 10.1. The number of ether oxygens (including phenoxy) is 3. The Hall–Kier alpha value is -2.72. The summed E-state index contributed by atoms with van der Waals surface area (Å²) in [6, 6.07) is 13.5. The highest BCUT2D eigenvalue weighted by molar-refractivity contribution is 6.32. The van der Waals surface area contributed by atoms with E-state index in [1.165, 1.54) is 0 Å². The molecule has 0 N–H and O–H groups in total. The fraction of sp³-hybridized carbons (Fsp3) is 0.150. The molecule has 0 aliphatic carbocycles. The van der Waals surface area contributed by atoms with E-state index >= 15 is 0 Å². The van der Waals surface area contributed by atoms with E-state index in [0.29, 0.717) is 16.5 Å². The van der Waals surface area contributed by atoms with Crippen LogP contribution in [0.1, 0.15) is 11.3 Å². The van der Waals surface area contributed by atoms with Gasteiger partial charge in [0.2, 0.25) is 0 Å². The SMILES string of the molecule is COc1cc(/C=C/c2ccc3cccc(OC)c3n2)cc(Cl)c1OC. The van der Waals surface area contributed by atoms with Gasteiger partial charge in [0.1, 0.15) is 11.3 Å². The zero-order valence-corrected chi connectivity index (χ0v) is 15.0. The zero-order valence-electron chi connectivity index (χ0n) is 14.2. The van der Waals surface area contributed by atoms with Crippen molar-refractivity contribution in [3.05, 3.63) is 58.7 Å². The lowest BCUT2D eigenvalue weighted by molar-refractivity contribution is 0.355. The summed E-state index contributed by atoms with van der Waals surface area (Å²) >= 11 is 6.24. The Morgan fingerprint density at radius 2 is 1.68 bits per heavy atom. The molecule has 1 heterocycles. The smallest absolute Gasteiger partial charge is 0.179 e. The average molecular weight is 356 g/mol. The summed E-state index contributed by atoms with van der Waals surface area (Å²) in [5.74, 6) is 1.86. The Balaban J connectivity index is 1.97. The van der Waals surface area contributed by atoms with Gasteiger partial charge in [0, 0.05) is 5.39 Å². The number of rotatable bonds is 5. The molecule has 0 bridgehead atoms. The Morgan fingerprint density at radius 1 is 0.880 bits per heavy atom. The highest BCUT2D eigenvalue weighted by Gasteiger charge is 2.09. The van der Waals surface area contributed by atoms with Gasteiger partial charge in [-0.3, -0.25) is 0 Å². The van der Waals surface area contributed by atoms with Crippen LogP contribution in [-0.2, 0) is 0 Å². The quantitative estimate of drug-likeness (QED) is 0.639. The van der Waals surface area contributed by atoms with Gasteiger partial charge in [0.15, 0.2) is 11.5 Å². The van der Waals surface area contributed by atoms with Crippen molar-refractivity contribution in [2.75, 3.05) is 21.3 Å². The molecule has 0 aliphatic rings. The Labute approximate surface area is 151 Å². The van der Waals surface area contributed by atoms with Crippen molar-refractivity contribution < 1.29 is 14.2 Å². The molecule has 25 heavy (non-hydrogen) atoms. The standard InChI is InChI=1S/C20H18ClNO3/c1-23-17-6-4-5-14-8-10-15(22-19(14)17)9-7-13-11-16(21)20(25-3)18(12-13)24-2/h4-12H,1-3H3/b9-7+. The normalized spacial score (nSPS) is 11.0. The summed E-state index contributed by atoms with van der Waals surface area (Å²) in [7, 11) is 4.79. The van der Waals surface area contributed by atoms with Crippen LogP contribution < -0.4 is 14.2 Å². The van der Waals surface area contributed by atoms with Crippen molar-refractivity contribution in [3.8, 4) is 17.2 Å². The number of nitrogens with zero attached hydrogens (tertiary/aromatic N) is 1. The van der Waals surface area contributed by atoms with E-state index in [0.717, 1.165) is 27.9 Å². The first-order chi connectivity index (χ1) is 12.2. The second-order valence-electron chi connectivity index (χ2n) is 5.34. The number of methoxy groups -OCH3 is 3. The van der Waals surface area contributed by atoms with E-state index in [4.69, 9.17) is 25.8 Å². The minimum Gasteiger partial charge on any atom is -0.494 e. The van der Waals surface area contributed by atoms with Crippen LogP contribution in [0.3, 0.4) is 0 Å². The fourth-order valence-electron chi connectivity index (χ4n) is 2.61. The summed E-state index contributed by atoms with van der Waals surface area (Å²) in [5, 5.41) is 1.53. The molecule has 0 unspecified atom stereocenters. The monoisotopic (exact) mass is 355 g/mol. The lowest BCUT2D eigenvalue weighted by Crippen LogP contribution is -1.92. The lowest BCUT2D eigenvalue weighted by Gasteiger charge is -2.10. The third-order valence-electron chi connectivity index (χ3n) is 3.83. The first kappa shape index (κ1) is 17.1. The molecule has 0 amide bonds. The van der Waals surface area contributed by atoms with E-state index in [1.807, 2.05) is 54.6 Å². The largest absolute Gasteiger partial charge is 0.494 e. The minimum atomic E-state index is 0.495. The van der Waals surface area contributed by atoms with Gasteiger partial charge in [-0.15, -0.1) is 0 Å². The molecule has 1 aromatic heterocycles. The zero-order chi connectivity index (χ0) is 17.8. The molecule has 4 nitrogen and oxygen atoms in total. The Kier molecular flexibility index (Phi) is 5.10. The molecule has 2 aromatic carbocycles. The topological polar surface area (TPSA) is 40.6 Å². The molecule has 0 aliphatic heterocycles. The molecule has 0 fully saturated rings. The third-order valence-corrected chi connectivity index (χ3v) is 4.11. The fourth-order valence-corrected chi connectivity index (χ4v) is 2.90. The summed E-state index contributed by atoms with van der Waals surface area (Å²) < 4.78 is 16.0. The van der Waals surface area contributed by atoms with Crippen molar-refractivity contribution >= 4 is 34.7 Å². The Bertz CT molecular complexity index is 938. The summed E-state index contributed by atoms with van der Waals surface area (Å²) in [5.41, 5.74) is 2.55.